The number of ether oxygens (including phenoxy) is 3. The van der Waals surface area contributed by atoms with Crippen molar-refractivity contribution in [3.05, 3.63) is 84.5 Å². The van der Waals surface area contributed by atoms with Crippen molar-refractivity contribution in [2.24, 2.45) is 4.99 Å². The van der Waals surface area contributed by atoms with Crippen LogP contribution in [-0.4, -0.2) is 36.1 Å². The van der Waals surface area contributed by atoms with Crippen molar-refractivity contribution >= 4 is 35.1 Å². The van der Waals surface area contributed by atoms with E-state index in [1.54, 1.807) is 37.1 Å². The molecule has 186 valence electrons. The molecule has 0 radical (unpaired) electrons. The number of hydrogen-bond donors (Lipinski definition) is 0. The standard InChI is InChI=1S/C27H26N2O5S2/c1-15(2)34-26(31)23-16(3)28-27-29(24(23)18-6-8-19(35-4)9-7-18)25(30)22(36-27)14-17-5-10-20-21(13-17)33-12-11-32-20/h5-10,13-15,24H,11-12H2,1-4H3/b22-14-/t24-/m1/s1. The monoisotopic (exact) mass is 522 g/mol. The van der Waals surface area contributed by atoms with Crippen molar-refractivity contribution in [1.29, 1.82) is 0 Å². The van der Waals surface area contributed by atoms with Gasteiger partial charge in [0.05, 0.1) is 27.9 Å². The third kappa shape index (κ3) is 4.60. The highest BCUT2D eigenvalue weighted by molar-refractivity contribution is 7.98. The number of nitrogens with zero attached hydrogens (tertiary/aromatic N) is 2. The molecule has 3 heterocycles. The van der Waals surface area contributed by atoms with Crippen LogP contribution in [0.5, 0.6) is 11.5 Å². The molecule has 0 unspecified atom stereocenters. The fraction of sp³-hybridized carbons (Fsp3) is 0.296. The summed E-state index contributed by atoms with van der Waals surface area (Å²) >= 11 is 2.93. The van der Waals surface area contributed by atoms with Crippen LogP contribution >= 0.6 is 23.1 Å². The summed E-state index contributed by atoms with van der Waals surface area (Å²) in [6.45, 7) is 6.40. The number of allylic oxidation sites excluding steroid dienone is 1. The molecule has 0 aliphatic carbocycles. The summed E-state index contributed by atoms with van der Waals surface area (Å²) in [6.07, 6.45) is 3.53. The highest BCUT2D eigenvalue weighted by Crippen LogP contribution is 2.33. The van der Waals surface area contributed by atoms with Crippen LogP contribution < -0.4 is 24.4 Å². The Labute approximate surface area is 216 Å². The van der Waals surface area contributed by atoms with Crippen molar-refractivity contribution < 1.29 is 19.0 Å². The van der Waals surface area contributed by atoms with Gasteiger partial charge in [0.15, 0.2) is 16.3 Å². The van der Waals surface area contributed by atoms with Gasteiger partial charge in [0, 0.05) is 4.90 Å². The first kappa shape index (κ1) is 24.4. The van der Waals surface area contributed by atoms with E-state index in [0.717, 1.165) is 16.0 Å². The van der Waals surface area contributed by atoms with Crippen LogP contribution in [0.4, 0.5) is 0 Å². The maximum Gasteiger partial charge on any atom is 0.338 e. The van der Waals surface area contributed by atoms with Crippen LogP contribution in [0.15, 0.2) is 68.4 Å². The maximum atomic E-state index is 13.8. The summed E-state index contributed by atoms with van der Waals surface area (Å²) in [5.41, 5.74) is 2.35. The van der Waals surface area contributed by atoms with Crippen LogP contribution in [0.3, 0.4) is 0 Å². The predicted octanol–water partition coefficient (Wildman–Crippen LogP) is 3.68. The number of fused-ring (bicyclic) bond motifs is 2. The lowest BCUT2D eigenvalue weighted by atomic mass is 9.96. The molecule has 0 saturated heterocycles. The number of thiazole rings is 1. The van der Waals surface area contributed by atoms with Gasteiger partial charge in [-0.1, -0.05) is 29.5 Å². The highest BCUT2D eigenvalue weighted by Gasteiger charge is 2.33. The number of aromatic nitrogens is 1. The quantitative estimate of drug-likeness (QED) is 0.376. The Bertz CT molecular complexity index is 1530. The number of benzene rings is 2. The molecule has 7 nitrogen and oxygen atoms in total. The van der Waals surface area contributed by atoms with E-state index < -0.39 is 12.0 Å². The Hall–Kier alpha value is -3.30. The molecular formula is C27H26N2O5S2. The fourth-order valence-corrected chi connectivity index (χ4v) is 5.72. The molecule has 2 aliphatic heterocycles. The first-order valence-electron chi connectivity index (χ1n) is 11.6. The molecule has 0 N–H and O–H groups in total. The Kier molecular flexibility index (Phi) is 6.77. The van der Waals surface area contributed by atoms with E-state index in [2.05, 4.69) is 4.99 Å². The SMILES string of the molecule is CSc1ccc([C@@H]2C(C(=O)OC(C)C)=C(C)N=c3s/c(=C\c4ccc5c(c4)OCCO5)c(=O)n32)cc1. The summed E-state index contributed by atoms with van der Waals surface area (Å²) < 4.78 is 19.0. The molecule has 3 aromatic rings. The van der Waals surface area contributed by atoms with Gasteiger partial charge >= 0.3 is 5.97 Å². The molecule has 36 heavy (non-hydrogen) atoms. The van der Waals surface area contributed by atoms with Gasteiger partial charge in [0.2, 0.25) is 0 Å². The molecule has 2 aromatic carbocycles. The van der Waals surface area contributed by atoms with Gasteiger partial charge in [0.25, 0.3) is 5.56 Å². The topological polar surface area (TPSA) is 79.1 Å². The highest BCUT2D eigenvalue weighted by atomic mass is 32.2. The van der Waals surface area contributed by atoms with Crippen LogP contribution in [0.1, 0.15) is 37.9 Å². The lowest BCUT2D eigenvalue weighted by molar-refractivity contribution is -0.143. The minimum absolute atomic E-state index is 0.213. The van der Waals surface area contributed by atoms with Gasteiger partial charge in [-0.15, -0.1) is 11.8 Å². The van der Waals surface area contributed by atoms with Crippen molar-refractivity contribution in [3.63, 3.8) is 0 Å². The van der Waals surface area contributed by atoms with E-state index in [-0.39, 0.29) is 11.7 Å². The van der Waals surface area contributed by atoms with Crippen LogP contribution in [-0.2, 0) is 9.53 Å². The zero-order valence-electron chi connectivity index (χ0n) is 20.4. The van der Waals surface area contributed by atoms with E-state index in [0.29, 0.717) is 45.3 Å². The zero-order chi connectivity index (χ0) is 25.4. The second-order valence-corrected chi connectivity index (χ2v) is 10.6. The Morgan fingerprint density at radius 2 is 1.89 bits per heavy atom. The molecule has 0 bridgehead atoms. The summed E-state index contributed by atoms with van der Waals surface area (Å²) in [4.78, 5) is 33.2. The average molecular weight is 523 g/mol. The first-order chi connectivity index (χ1) is 17.4. The van der Waals surface area contributed by atoms with Crippen molar-refractivity contribution in [2.45, 2.75) is 37.8 Å². The maximum absolute atomic E-state index is 13.8. The van der Waals surface area contributed by atoms with E-state index in [1.807, 2.05) is 54.8 Å². The fourth-order valence-electron chi connectivity index (χ4n) is 4.26. The third-order valence-corrected chi connectivity index (χ3v) is 7.61. The smallest absolute Gasteiger partial charge is 0.338 e. The Morgan fingerprint density at radius 1 is 1.17 bits per heavy atom. The number of hydrogen-bond acceptors (Lipinski definition) is 8. The van der Waals surface area contributed by atoms with Gasteiger partial charge in [-0.25, -0.2) is 9.79 Å². The number of carbonyl (C=O) groups excluding carboxylic acids is 1. The molecule has 2 aliphatic rings. The number of carbonyl (C=O) groups is 1. The largest absolute Gasteiger partial charge is 0.486 e. The van der Waals surface area contributed by atoms with E-state index in [4.69, 9.17) is 14.2 Å². The summed E-state index contributed by atoms with van der Waals surface area (Å²) in [7, 11) is 0. The Balaban J connectivity index is 1.66. The molecule has 5 rings (SSSR count). The first-order valence-corrected chi connectivity index (χ1v) is 13.7. The van der Waals surface area contributed by atoms with Gasteiger partial charge in [-0.05, 0) is 68.5 Å². The van der Waals surface area contributed by atoms with Gasteiger partial charge in [0.1, 0.15) is 13.2 Å². The van der Waals surface area contributed by atoms with Crippen LogP contribution in [0, 0.1) is 0 Å². The second kappa shape index (κ2) is 9.99. The Morgan fingerprint density at radius 3 is 2.58 bits per heavy atom. The minimum atomic E-state index is -0.633. The van der Waals surface area contributed by atoms with Gasteiger partial charge < -0.3 is 14.2 Å². The summed E-state index contributed by atoms with van der Waals surface area (Å²) in [5, 5.41) is 0. The normalized spacial score (nSPS) is 17.1. The molecule has 1 atom stereocenters. The third-order valence-electron chi connectivity index (χ3n) is 5.88. The van der Waals surface area contributed by atoms with Crippen LogP contribution in [0.25, 0.3) is 6.08 Å². The molecule has 9 heteroatoms. The second-order valence-electron chi connectivity index (χ2n) is 8.71. The average Bonchev–Trinajstić information content (AvgIpc) is 3.16. The number of rotatable bonds is 5. The summed E-state index contributed by atoms with van der Waals surface area (Å²) in [5.74, 6) is 0.882. The molecule has 0 spiro atoms. The van der Waals surface area contributed by atoms with Gasteiger partial charge in [-0.3, -0.25) is 9.36 Å². The molecular weight excluding hydrogens is 496 g/mol. The zero-order valence-corrected chi connectivity index (χ0v) is 22.1. The lowest BCUT2D eigenvalue weighted by Gasteiger charge is -2.25. The van der Waals surface area contributed by atoms with E-state index >= 15 is 0 Å². The number of thioether (sulfide) groups is 1. The lowest BCUT2D eigenvalue weighted by Crippen LogP contribution is -2.40. The van der Waals surface area contributed by atoms with Crippen molar-refractivity contribution in [2.75, 3.05) is 19.5 Å². The minimum Gasteiger partial charge on any atom is -0.486 e. The molecule has 0 saturated carbocycles. The van der Waals surface area contributed by atoms with E-state index in [9.17, 15) is 9.59 Å². The molecule has 0 fully saturated rings. The van der Waals surface area contributed by atoms with Crippen molar-refractivity contribution in [3.8, 4) is 11.5 Å². The van der Waals surface area contributed by atoms with Crippen molar-refractivity contribution in [1.82, 2.24) is 4.57 Å². The van der Waals surface area contributed by atoms with Crippen LogP contribution in [0.2, 0.25) is 0 Å². The predicted molar refractivity (Wildman–Crippen MR) is 141 cm³/mol. The van der Waals surface area contributed by atoms with E-state index in [1.165, 1.54) is 11.3 Å². The molecule has 0 amide bonds. The number of esters is 1. The molecule has 1 aromatic heterocycles. The van der Waals surface area contributed by atoms with Gasteiger partial charge in [-0.2, -0.15) is 0 Å². The summed E-state index contributed by atoms with van der Waals surface area (Å²) in [6, 6.07) is 12.9.